The number of rotatable bonds is 2. The molecule has 106 valence electrons. The van der Waals surface area contributed by atoms with Crippen molar-refractivity contribution in [2.24, 2.45) is 0 Å². The van der Waals surface area contributed by atoms with Crippen LogP contribution >= 0.6 is 11.6 Å². The number of carbonyl (C=O) groups excluding carboxylic acids is 3. The third-order valence-corrected chi connectivity index (χ3v) is 3.27. The maximum absolute atomic E-state index is 12.5. The number of aromatic nitrogens is 1. The second-order valence-electron chi connectivity index (χ2n) is 4.59. The predicted octanol–water partition coefficient (Wildman–Crippen LogP) is 0.921. The highest BCUT2D eigenvalue weighted by atomic mass is 35.5. The summed E-state index contributed by atoms with van der Waals surface area (Å²) in [4.78, 5) is 40.9. The van der Waals surface area contributed by atoms with Gasteiger partial charge in [-0.25, -0.2) is 4.98 Å². The van der Waals surface area contributed by atoms with Gasteiger partial charge in [-0.3, -0.25) is 19.7 Å². The fourth-order valence-corrected chi connectivity index (χ4v) is 2.45. The first-order valence-corrected chi connectivity index (χ1v) is 6.59. The number of nitrogens with zero attached hydrogens (tertiary/aromatic N) is 2. The minimum Gasteiger partial charge on any atom is -0.317 e. The van der Waals surface area contributed by atoms with Crippen molar-refractivity contribution < 1.29 is 14.4 Å². The number of halogens is 1. The van der Waals surface area contributed by atoms with Gasteiger partial charge in [-0.2, -0.15) is 0 Å². The van der Waals surface area contributed by atoms with Crippen LogP contribution in [0.25, 0.3) is 0 Å². The van der Waals surface area contributed by atoms with Crippen LogP contribution in [0.3, 0.4) is 0 Å². The van der Waals surface area contributed by atoms with E-state index in [4.69, 9.17) is 11.6 Å². The molecule has 1 N–H and O–H groups in total. The zero-order valence-electron chi connectivity index (χ0n) is 11.1. The quantitative estimate of drug-likeness (QED) is 0.650. The van der Waals surface area contributed by atoms with Crippen LogP contribution in [-0.4, -0.2) is 40.2 Å². The SMILES string of the molecule is CCC1C(=O)NC(=O)CN1C(=O)c1cc(C)nc(Cl)c1. The fourth-order valence-electron chi connectivity index (χ4n) is 2.20. The Labute approximate surface area is 121 Å². The zero-order valence-corrected chi connectivity index (χ0v) is 11.9. The Kier molecular flexibility index (Phi) is 4.04. The Hall–Kier alpha value is -1.95. The smallest absolute Gasteiger partial charge is 0.255 e. The van der Waals surface area contributed by atoms with Crippen LogP contribution in [0.5, 0.6) is 0 Å². The van der Waals surface area contributed by atoms with Crippen molar-refractivity contribution in [1.29, 1.82) is 0 Å². The van der Waals surface area contributed by atoms with Crippen molar-refractivity contribution in [2.75, 3.05) is 6.54 Å². The molecule has 1 unspecified atom stereocenters. The van der Waals surface area contributed by atoms with Crippen LogP contribution in [0.15, 0.2) is 12.1 Å². The van der Waals surface area contributed by atoms with E-state index in [1.165, 1.54) is 11.0 Å². The lowest BCUT2D eigenvalue weighted by atomic mass is 10.1. The molecule has 1 atom stereocenters. The lowest BCUT2D eigenvalue weighted by molar-refractivity contribution is -0.138. The Balaban J connectivity index is 2.34. The number of hydrogen-bond acceptors (Lipinski definition) is 4. The molecule has 1 aliphatic heterocycles. The highest BCUT2D eigenvalue weighted by Gasteiger charge is 2.36. The van der Waals surface area contributed by atoms with E-state index in [-0.39, 0.29) is 11.7 Å². The van der Waals surface area contributed by atoms with Gasteiger partial charge >= 0.3 is 0 Å². The number of aryl methyl sites for hydroxylation is 1. The number of piperazine rings is 1. The third-order valence-electron chi connectivity index (χ3n) is 3.07. The number of nitrogens with one attached hydrogen (secondary N) is 1. The lowest BCUT2D eigenvalue weighted by Crippen LogP contribution is -2.59. The predicted molar refractivity (Wildman–Crippen MR) is 72.2 cm³/mol. The Morgan fingerprint density at radius 1 is 1.50 bits per heavy atom. The molecule has 1 aromatic heterocycles. The molecule has 2 heterocycles. The average Bonchev–Trinajstić information content (AvgIpc) is 2.35. The molecule has 1 saturated heterocycles. The van der Waals surface area contributed by atoms with Gasteiger partial charge in [-0.05, 0) is 25.5 Å². The van der Waals surface area contributed by atoms with Gasteiger partial charge in [0, 0.05) is 11.3 Å². The molecule has 0 saturated carbocycles. The summed E-state index contributed by atoms with van der Waals surface area (Å²) in [5.41, 5.74) is 0.921. The first-order chi connectivity index (χ1) is 9.42. The molecule has 6 nitrogen and oxygen atoms in total. The van der Waals surface area contributed by atoms with E-state index < -0.39 is 23.8 Å². The van der Waals surface area contributed by atoms with Gasteiger partial charge in [0.2, 0.25) is 11.8 Å². The van der Waals surface area contributed by atoms with Gasteiger partial charge < -0.3 is 4.90 Å². The summed E-state index contributed by atoms with van der Waals surface area (Å²) >= 11 is 5.83. The number of imide groups is 1. The summed E-state index contributed by atoms with van der Waals surface area (Å²) in [6.07, 6.45) is 0.433. The summed E-state index contributed by atoms with van der Waals surface area (Å²) in [6, 6.07) is 2.37. The molecule has 0 aromatic carbocycles. The van der Waals surface area contributed by atoms with E-state index in [0.29, 0.717) is 17.7 Å². The fraction of sp³-hybridized carbons (Fsp3) is 0.385. The molecule has 20 heavy (non-hydrogen) atoms. The van der Waals surface area contributed by atoms with Crippen LogP contribution < -0.4 is 5.32 Å². The maximum atomic E-state index is 12.5. The molecule has 1 aliphatic rings. The molecular formula is C13H14ClN3O3. The Morgan fingerprint density at radius 3 is 2.80 bits per heavy atom. The molecule has 1 aromatic rings. The van der Waals surface area contributed by atoms with E-state index in [9.17, 15) is 14.4 Å². The second-order valence-corrected chi connectivity index (χ2v) is 4.98. The second kappa shape index (κ2) is 5.58. The van der Waals surface area contributed by atoms with Gasteiger partial charge in [0.25, 0.3) is 5.91 Å². The van der Waals surface area contributed by atoms with Crippen LogP contribution in [0, 0.1) is 6.92 Å². The van der Waals surface area contributed by atoms with E-state index in [2.05, 4.69) is 10.3 Å². The van der Waals surface area contributed by atoms with Gasteiger partial charge in [0.15, 0.2) is 0 Å². The van der Waals surface area contributed by atoms with Gasteiger partial charge in [-0.15, -0.1) is 0 Å². The monoisotopic (exact) mass is 295 g/mol. The van der Waals surface area contributed by atoms with E-state index in [1.54, 1.807) is 19.9 Å². The van der Waals surface area contributed by atoms with Crippen LogP contribution in [0.1, 0.15) is 29.4 Å². The standard InChI is InChI=1S/C13H14ClN3O3/c1-3-9-12(19)16-11(18)6-17(9)13(20)8-4-7(2)15-10(14)5-8/h4-5,9H,3,6H2,1-2H3,(H,16,18,19). The molecule has 3 amide bonds. The van der Waals surface area contributed by atoms with Crippen molar-refractivity contribution in [3.8, 4) is 0 Å². The minimum absolute atomic E-state index is 0.137. The summed E-state index contributed by atoms with van der Waals surface area (Å²) in [5, 5.41) is 2.43. The topological polar surface area (TPSA) is 79.4 Å². The van der Waals surface area contributed by atoms with Gasteiger partial charge in [0.05, 0.1) is 0 Å². The van der Waals surface area contributed by atoms with Crippen molar-refractivity contribution >= 4 is 29.3 Å². The summed E-state index contributed by atoms with van der Waals surface area (Å²) in [5.74, 6) is -1.33. The van der Waals surface area contributed by atoms with Gasteiger partial charge in [0.1, 0.15) is 17.7 Å². The number of hydrogen-bond donors (Lipinski definition) is 1. The molecule has 1 fully saturated rings. The number of amides is 3. The largest absolute Gasteiger partial charge is 0.317 e. The molecule has 0 bridgehead atoms. The highest BCUT2D eigenvalue weighted by molar-refractivity contribution is 6.29. The van der Waals surface area contributed by atoms with E-state index in [0.717, 1.165) is 0 Å². The van der Waals surface area contributed by atoms with Crippen molar-refractivity contribution in [2.45, 2.75) is 26.3 Å². The highest BCUT2D eigenvalue weighted by Crippen LogP contribution is 2.17. The van der Waals surface area contributed by atoms with Crippen LogP contribution in [-0.2, 0) is 9.59 Å². The normalized spacial score (nSPS) is 18.9. The summed E-state index contributed by atoms with van der Waals surface area (Å²) in [6.45, 7) is 3.36. The van der Waals surface area contributed by atoms with Crippen molar-refractivity contribution in [3.63, 3.8) is 0 Å². The maximum Gasteiger partial charge on any atom is 0.255 e. The Morgan fingerprint density at radius 2 is 2.20 bits per heavy atom. The molecular weight excluding hydrogens is 282 g/mol. The lowest BCUT2D eigenvalue weighted by Gasteiger charge is -2.33. The third kappa shape index (κ3) is 2.80. The zero-order chi connectivity index (χ0) is 14.9. The minimum atomic E-state index is -0.646. The van der Waals surface area contributed by atoms with E-state index >= 15 is 0 Å². The number of pyridine rings is 1. The molecule has 7 heteroatoms. The first-order valence-electron chi connectivity index (χ1n) is 6.21. The summed E-state index contributed by atoms with van der Waals surface area (Å²) in [7, 11) is 0. The Bertz CT molecular complexity index is 568. The molecule has 2 rings (SSSR count). The molecule has 0 radical (unpaired) electrons. The molecule has 0 spiro atoms. The van der Waals surface area contributed by atoms with E-state index in [1.807, 2.05) is 0 Å². The average molecular weight is 296 g/mol. The van der Waals surface area contributed by atoms with Crippen LogP contribution in [0.4, 0.5) is 0 Å². The van der Waals surface area contributed by atoms with Crippen molar-refractivity contribution in [3.05, 3.63) is 28.5 Å². The van der Waals surface area contributed by atoms with Gasteiger partial charge in [-0.1, -0.05) is 18.5 Å². The van der Waals surface area contributed by atoms with Crippen molar-refractivity contribution in [1.82, 2.24) is 15.2 Å². The van der Waals surface area contributed by atoms with Crippen LogP contribution in [0.2, 0.25) is 5.15 Å². The number of carbonyl (C=O) groups is 3. The first kappa shape index (κ1) is 14.5. The summed E-state index contributed by atoms with van der Waals surface area (Å²) < 4.78 is 0. The molecule has 0 aliphatic carbocycles.